The van der Waals surface area contributed by atoms with Crippen molar-refractivity contribution in [1.82, 2.24) is 0 Å². The molecule has 0 fully saturated rings. The third kappa shape index (κ3) is 7.42. The van der Waals surface area contributed by atoms with Crippen LogP contribution in [-0.4, -0.2) is 10.8 Å². The van der Waals surface area contributed by atoms with Gasteiger partial charge in [0.05, 0.1) is 0 Å². The molecule has 0 aliphatic carbocycles. The molecule has 0 aromatic heterocycles. The molecule has 0 radical (unpaired) electrons. The number of nitro groups is 1. The maximum Gasteiger partial charge on any atom is 0.115 e. The standard InChI is InChI=1S/C6H6O.Hg.NO2.H2O/c7-6-4-2-1-3-5-6;;2-1-3;/h1-5,7H;;;1H2/q;+1;;/p-1. The summed E-state index contributed by atoms with van der Waals surface area (Å²) >= 11 is -2.50. The van der Waals surface area contributed by atoms with E-state index >= 15 is 0 Å². The molecule has 6 heteroatoms. The van der Waals surface area contributed by atoms with Crippen LogP contribution in [0, 0.1) is 10.1 Å². The molecule has 0 bridgehead atoms. The van der Waals surface area contributed by atoms with Crippen molar-refractivity contribution < 1.29 is 36.1 Å². The molecule has 0 aliphatic heterocycles. The van der Waals surface area contributed by atoms with Gasteiger partial charge in [-0.3, -0.25) is 0 Å². The Hall–Kier alpha value is -0.685. The summed E-state index contributed by atoms with van der Waals surface area (Å²) in [5.74, 6) is 0.322. The molecule has 2 N–H and O–H groups in total. The first-order valence-corrected chi connectivity index (χ1v) is 8.05. The second-order valence-electron chi connectivity index (χ2n) is 1.81. The number of benzene rings is 1. The Morgan fingerprint density at radius 3 is 1.92 bits per heavy atom. The van der Waals surface area contributed by atoms with Crippen LogP contribution in [0.25, 0.3) is 0 Å². The Morgan fingerprint density at radius 2 is 1.75 bits per heavy atom. The van der Waals surface area contributed by atoms with E-state index in [4.69, 9.17) is 18.2 Å². The number of para-hydroxylation sites is 1. The molecule has 1 rings (SSSR count). The minimum Gasteiger partial charge on any atom is -0.508 e. The van der Waals surface area contributed by atoms with Gasteiger partial charge in [0.1, 0.15) is 5.75 Å². The average molecular weight is 358 g/mol. The fourth-order valence-corrected chi connectivity index (χ4v) is 0.428. The number of rotatable bonds is 1. The zero-order valence-electron chi connectivity index (χ0n) is 6.25. The fourth-order valence-electron chi connectivity index (χ4n) is 0.428. The number of aromatic hydroxyl groups is 1. The van der Waals surface area contributed by atoms with Gasteiger partial charge in [0, 0.05) is 0 Å². The van der Waals surface area contributed by atoms with Gasteiger partial charge in [0.2, 0.25) is 0 Å². The molecule has 5 nitrogen and oxygen atoms in total. The van der Waals surface area contributed by atoms with Gasteiger partial charge in [0.25, 0.3) is 0 Å². The van der Waals surface area contributed by atoms with Gasteiger partial charge in [0.15, 0.2) is 0 Å². The topological polar surface area (TPSA) is 83.6 Å². The maximum atomic E-state index is 9.02. The Balaban J connectivity index is 0.000000217. The fraction of sp³-hybridized carbons (Fsp3) is 0. The molecule has 0 amide bonds. The molecule has 1 aromatic rings. The molecule has 0 heterocycles. The van der Waals surface area contributed by atoms with E-state index in [-0.39, 0.29) is 0 Å². The van der Waals surface area contributed by atoms with E-state index in [1.165, 1.54) is 0 Å². The Labute approximate surface area is 82.3 Å². The van der Waals surface area contributed by atoms with Crippen LogP contribution in [0.15, 0.2) is 30.3 Å². The van der Waals surface area contributed by atoms with Crippen molar-refractivity contribution >= 4 is 0 Å². The molecule has 1 aromatic carbocycles. The average Bonchev–Trinajstić information content (AvgIpc) is 2.07. The minimum absolute atomic E-state index is 0.322. The Bertz CT molecular complexity index is 228. The van der Waals surface area contributed by atoms with Gasteiger partial charge < -0.3 is 5.11 Å². The van der Waals surface area contributed by atoms with Gasteiger partial charge in [-0.25, -0.2) is 0 Å². The van der Waals surface area contributed by atoms with Gasteiger partial charge >= 0.3 is 41.1 Å². The van der Waals surface area contributed by atoms with E-state index in [9.17, 15) is 0 Å². The first kappa shape index (κ1) is 11.3. The van der Waals surface area contributed by atoms with Crippen LogP contribution in [0.5, 0.6) is 5.75 Å². The summed E-state index contributed by atoms with van der Waals surface area (Å²) in [7, 11) is 0. The Kier molecular flexibility index (Phi) is 6.59. The van der Waals surface area contributed by atoms with Crippen molar-refractivity contribution in [3.63, 3.8) is 0 Å². The summed E-state index contributed by atoms with van der Waals surface area (Å²) < 4.78 is 7.07. The van der Waals surface area contributed by atoms with Gasteiger partial charge in [-0.1, -0.05) is 18.2 Å². The molecule has 0 saturated heterocycles. The molecule has 0 aliphatic rings. The maximum absolute atomic E-state index is 9.02. The summed E-state index contributed by atoms with van der Waals surface area (Å²) in [6.45, 7) is 0. The van der Waals surface area contributed by atoms with Crippen molar-refractivity contribution in [2.24, 2.45) is 0 Å². The first-order valence-electron chi connectivity index (χ1n) is 3.13. The second kappa shape index (κ2) is 6.99. The third-order valence-electron chi connectivity index (χ3n) is 0.872. The van der Waals surface area contributed by atoms with Gasteiger partial charge in [-0.15, -0.1) is 0 Å². The van der Waals surface area contributed by atoms with Gasteiger partial charge in [-0.2, -0.15) is 0 Å². The van der Waals surface area contributed by atoms with Crippen LogP contribution in [-0.2, 0) is 25.3 Å². The van der Waals surface area contributed by atoms with Crippen LogP contribution < -0.4 is 0 Å². The van der Waals surface area contributed by atoms with Gasteiger partial charge in [-0.05, 0) is 12.1 Å². The molecule has 0 spiro atoms. The van der Waals surface area contributed by atoms with Crippen LogP contribution in [0.4, 0.5) is 0 Å². The van der Waals surface area contributed by atoms with Crippen LogP contribution in [0.1, 0.15) is 0 Å². The predicted molar refractivity (Wildman–Crippen MR) is 37.3 cm³/mol. The zero-order valence-corrected chi connectivity index (χ0v) is 11.7. The molecule has 12 heavy (non-hydrogen) atoms. The summed E-state index contributed by atoms with van der Waals surface area (Å²) in [5.41, 5.74) is 0. The number of hydrogen-bond donors (Lipinski definition) is 2. The van der Waals surface area contributed by atoms with E-state index in [2.05, 4.69) is 0 Å². The minimum atomic E-state index is -2.50. The number of hydrogen-bond acceptors (Lipinski definition) is 4. The normalized spacial score (nSPS) is 7.42. The third-order valence-corrected chi connectivity index (χ3v) is 1.77. The quantitative estimate of drug-likeness (QED) is 0.437. The molecule has 0 saturated carbocycles. The van der Waals surface area contributed by atoms with E-state index in [1.54, 1.807) is 24.3 Å². The van der Waals surface area contributed by atoms with E-state index in [0.717, 1.165) is 0 Å². The summed E-state index contributed by atoms with van der Waals surface area (Å²) in [6, 6.07) is 8.71. The zero-order chi connectivity index (χ0) is 9.40. The number of phenols is 1. The van der Waals surface area contributed by atoms with E-state index in [1.807, 2.05) is 6.07 Å². The van der Waals surface area contributed by atoms with E-state index in [0.29, 0.717) is 5.75 Å². The van der Waals surface area contributed by atoms with Crippen molar-refractivity contribution in [3.05, 3.63) is 40.4 Å². The monoisotopic (exact) mass is 359 g/mol. The molecule has 62 valence electrons. The van der Waals surface area contributed by atoms with Crippen LogP contribution in [0.3, 0.4) is 0 Å². The van der Waals surface area contributed by atoms with Crippen LogP contribution >= 0.6 is 0 Å². The van der Waals surface area contributed by atoms with Crippen molar-refractivity contribution in [2.75, 3.05) is 0 Å². The van der Waals surface area contributed by atoms with Crippen LogP contribution in [0.2, 0.25) is 0 Å². The van der Waals surface area contributed by atoms with E-state index < -0.39 is 28.0 Å². The molecular weight excluding hydrogens is 351 g/mol. The van der Waals surface area contributed by atoms with Crippen molar-refractivity contribution in [1.29, 1.82) is 0 Å². The predicted octanol–water partition coefficient (Wildman–Crippen LogP) is 0.560. The number of nitrogens with zero attached hydrogens (tertiary/aromatic N) is 1. The largest absolute Gasteiger partial charge is 0.508 e. The smallest absolute Gasteiger partial charge is 0.115 e. The molecular formula is C6H7HgNO4. The van der Waals surface area contributed by atoms with Crippen molar-refractivity contribution in [2.45, 2.75) is 0 Å². The van der Waals surface area contributed by atoms with Crippen molar-refractivity contribution in [3.8, 4) is 5.75 Å². The summed E-state index contributed by atoms with van der Waals surface area (Å²) in [6.07, 6.45) is 0. The SMILES string of the molecule is O=[N+]([O-])[Hg][OH].Oc1ccccc1. The molecule has 0 atom stereocenters. The first-order chi connectivity index (χ1) is 5.66. The summed E-state index contributed by atoms with van der Waals surface area (Å²) in [5, 5.41) is 17.7. The second-order valence-corrected chi connectivity index (χ2v) is 4.92. The number of phenolic OH excluding ortho intramolecular Hbond substituents is 1. The Morgan fingerprint density at radius 1 is 1.33 bits per heavy atom. The summed E-state index contributed by atoms with van der Waals surface area (Å²) in [4.78, 5) is 9.02. The molecule has 0 unspecified atom stereocenters.